The van der Waals surface area contributed by atoms with Crippen molar-refractivity contribution in [2.45, 2.75) is 45.6 Å². The van der Waals surface area contributed by atoms with Crippen molar-refractivity contribution in [2.75, 3.05) is 13.2 Å². The smallest absolute Gasteiger partial charge is 0.0766 e. The normalized spacial score (nSPS) is 12.9. The molecule has 0 saturated heterocycles. The quantitative estimate of drug-likeness (QED) is 0.749. The highest BCUT2D eigenvalue weighted by Gasteiger charge is 2.15. The van der Waals surface area contributed by atoms with Crippen molar-refractivity contribution >= 4 is 15.9 Å². The zero-order valence-electron chi connectivity index (χ0n) is 11.6. The second kappa shape index (κ2) is 7.92. The van der Waals surface area contributed by atoms with Crippen molar-refractivity contribution in [1.29, 1.82) is 0 Å². The molecule has 1 rings (SSSR count). The van der Waals surface area contributed by atoms with E-state index in [1.165, 1.54) is 5.69 Å². The molecule has 1 atom stereocenters. The first-order valence-corrected chi connectivity index (χ1v) is 7.42. The molecule has 1 unspecified atom stereocenters. The number of aryl methyl sites for hydroxylation is 2. The maximum atomic E-state index is 6.16. The summed E-state index contributed by atoms with van der Waals surface area (Å²) < 4.78 is 8.37. The molecule has 4 nitrogen and oxygen atoms in total. The molecule has 1 aromatic heterocycles. The second-order valence-corrected chi connectivity index (χ2v) is 5.28. The Kier molecular flexibility index (Phi) is 6.89. The summed E-state index contributed by atoms with van der Waals surface area (Å²) in [7, 11) is 1.98. The number of rotatable bonds is 8. The first-order chi connectivity index (χ1) is 8.60. The van der Waals surface area contributed by atoms with E-state index in [9.17, 15) is 0 Å². The number of halogens is 1. The SMILES string of the molecule is CCOCCCC(N)Cc1c(Br)c(CC)nn1C. The summed E-state index contributed by atoms with van der Waals surface area (Å²) in [5.41, 5.74) is 8.46. The van der Waals surface area contributed by atoms with Gasteiger partial charge in [0.2, 0.25) is 0 Å². The first kappa shape index (κ1) is 15.7. The van der Waals surface area contributed by atoms with Gasteiger partial charge in [0.1, 0.15) is 0 Å². The summed E-state index contributed by atoms with van der Waals surface area (Å²) in [6.07, 6.45) is 3.80. The van der Waals surface area contributed by atoms with Crippen molar-refractivity contribution in [3.63, 3.8) is 0 Å². The number of ether oxygens (including phenoxy) is 1. The van der Waals surface area contributed by atoms with Gasteiger partial charge in [-0.15, -0.1) is 0 Å². The molecule has 0 amide bonds. The maximum absolute atomic E-state index is 6.16. The Hall–Kier alpha value is -0.390. The van der Waals surface area contributed by atoms with Gasteiger partial charge in [0.25, 0.3) is 0 Å². The topological polar surface area (TPSA) is 53.1 Å². The molecule has 1 aromatic rings. The highest BCUT2D eigenvalue weighted by atomic mass is 79.9. The molecule has 1 heterocycles. The average molecular weight is 318 g/mol. The zero-order valence-corrected chi connectivity index (χ0v) is 13.2. The molecule has 5 heteroatoms. The minimum Gasteiger partial charge on any atom is -0.382 e. The maximum Gasteiger partial charge on any atom is 0.0766 e. The van der Waals surface area contributed by atoms with Gasteiger partial charge >= 0.3 is 0 Å². The number of nitrogens with two attached hydrogens (primary N) is 1. The summed E-state index contributed by atoms with van der Waals surface area (Å²) in [5, 5.41) is 4.48. The van der Waals surface area contributed by atoms with Crippen LogP contribution >= 0.6 is 15.9 Å². The molecule has 0 aromatic carbocycles. The molecule has 0 bridgehead atoms. The van der Waals surface area contributed by atoms with Crippen LogP contribution in [0.4, 0.5) is 0 Å². The van der Waals surface area contributed by atoms with E-state index < -0.39 is 0 Å². The molecule has 104 valence electrons. The van der Waals surface area contributed by atoms with Crippen LogP contribution in [-0.2, 0) is 24.6 Å². The lowest BCUT2D eigenvalue weighted by molar-refractivity contribution is 0.142. The number of hydrogen-bond acceptors (Lipinski definition) is 3. The van der Waals surface area contributed by atoms with Crippen LogP contribution in [-0.4, -0.2) is 29.0 Å². The highest BCUT2D eigenvalue weighted by molar-refractivity contribution is 9.10. The lowest BCUT2D eigenvalue weighted by Crippen LogP contribution is -2.24. The van der Waals surface area contributed by atoms with Crippen molar-refractivity contribution < 1.29 is 4.74 Å². The molecule has 0 radical (unpaired) electrons. The molecular formula is C13H24BrN3O. The predicted octanol–water partition coefficient (Wildman–Crippen LogP) is 2.43. The summed E-state index contributed by atoms with van der Waals surface area (Å²) in [4.78, 5) is 0. The lowest BCUT2D eigenvalue weighted by Gasteiger charge is -2.12. The van der Waals surface area contributed by atoms with Crippen LogP contribution < -0.4 is 5.73 Å². The Morgan fingerprint density at radius 1 is 1.44 bits per heavy atom. The van der Waals surface area contributed by atoms with E-state index in [4.69, 9.17) is 10.5 Å². The summed E-state index contributed by atoms with van der Waals surface area (Å²) in [6, 6.07) is 0.168. The molecule has 0 aliphatic carbocycles. The predicted molar refractivity (Wildman–Crippen MR) is 77.7 cm³/mol. The van der Waals surface area contributed by atoms with Gasteiger partial charge in [-0.3, -0.25) is 4.68 Å². The molecule has 0 fully saturated rings. The zero-order chi connectivity index (χ0) is 13.5. The van der Waals surface area contributed by atoms with Gasteiger partial charge in [-0.25, -0.2) is 0 Å². The molecule has 0 aliphatic rings. The molecule has 0 aliphatic heterocycles. The molecule has 0 spiro atoms. The Bertz CT molecular complexity index is 365. The first-order valence-electron chi connectivity index (χ1n) is 6.63. The van der Waals surface area contributed by atoms with Crippen molar-refractivity contribution in [2.24, 2.45) is 12.8 Å². The van der Waals surface area contributed by atoms with Gasteiger partial charge in [0.15, 0.2) is 0 Å². The fourth-order valence-corrected chi connectivity index (χ4v) is 2.76. The van der Waals surface area contributed by atoms with Crippen molar-refractivity contribution in [3.8, 4) is 0 Å². The van der Waals surface area contributed by atoms with Gasteiger partial charge < -0.3 is 10.5 Å². The van der Waals surface area contributed by atoms with Gasteiger partial charge in [-0.1, -0.05) is 6.92 Å². The van der Waals surface area contributed by atoms with Crippen LogP contribution in [0.25, 0.3) is 0 Å². The van der Waals surface area contributed by atoms with E-state index in [2.05, 4.69) is 28.0 Å². The summed E-state index contributed by atoms with van der Waals surface area (Å²) >= 11 is 3.62. The molecular weight excluding hydrogens is 294 g/mol. The van der Waals surface area contributed by atoms with Crippen LogP contribution in [0.3, 0.4) is 0 Å². The van der Waals surface area contributed by atoms with E-state index in [0.717, 1.165) is 49.1 Å². The summed E-state index contributed by atoms with van der Waals surface area (Å²) in [5.74, 6) is 0. The van der Waals surface area contributed by atoms with Gasteiger partial charge in [-0.2, -0.15) is 5.10 Å². The fourth-order valence-electron chi connectivity index (χ4n) is 1.98. The molecule has 0 saturated carbocycles. The van der Waals surface area contributed by atoms with E-state index in [1.54, 1.807) is 0 Å². The minimum absolute atomic E-state index is 0.168. The number of hydrogen-bond donors (Lipinski definition) is 1. The minimum atomic E-state index is 0.168. The monoisotopic (exact) mass is 317 g/mol. The molecule has 2 N–H and O–H groups in total. The van der Waals surface area contributed by atoms with E-state index in [1.807, 2.05) is 18.7 Å². The van der Waals surface area contributed by atoms with Gasteiger partial charge in [0, 0.05) is 32.7 Å². The van der Waals surface area contributed by atoms with E-state index in [-0.39, 0.29) is 6.04 Å². The van der Waals surface area contributed by atoms with Crippen LogP contribution in [0.1, 0.15) is 38.1 Å². The van der Waals surface area contributed by atoms with Crippen LogP contribution in [0.5, 0.6) is 0 Å². The van der Waals surface area contributed by atoms with Crippen LogP contribution in [0.15, 0.2) is 4.47 Å². The summed E-state index contributed by atoms with van der Waals surface area (Å²) in [6.45, 7) is 5.71. The second-order valence-electron chi connectivity index (χ2n) is 4.49. The van der Waals surface area contributed by atoms with E-state index >= 15 is 0 Å². The fraction of sp³-hybridized carbons (Fsp3) is 0.769. The van der Waals surface area contributed by atoms with Crippen LogP contribution in [0.2, 0.25) is 0 Å². The number of aromatic nitrogens is 2. The third-order valence-electron chi connectivity index (χ3n) is 3.03. The highest BCUT2D eigenvalue weighted by Crippen LogP contribution is 2.23. The average Bonchev–Trinajstić information content (AvgIpc) is 2.62. The van der Waals surface area contributed by atoms with E-state index in [0.29, 0.717) is 0 Å². The number of nitrogens with zero attached hydrogens (tertiary/aromatic N) is 2. The standard InChI is InChI=1S/C13H24BrN3O/c1-4-11-13(14)12(17(3)16-11)9-10(15)7-6-8-18-5-2/h10H,4-9,15H2,1-3H3. The third kappa shape index (κ3) is 4.37. The van der Waals surface area contributed by atoms with Gasteiger partial charge in [-0.05, 0) is 42.1 Å². The van der Waals surface area contributed by atoms with Crippen molar-refractivity contribution in [1.82, 2.24) is 9.78 Å². The van der Waals surface area contributed by atoms with Crippen molar-refractivity contribution in [3.05, 3.63) is 15.9 Å². The largest absolute Gasteiger partial charge is 0.382 e. The third-order valence-corrected chi connectivity index (χ3v) is 3.94. The Morgan fingerprint density at radius 3 is 2.72 bits per heavy atom. The Morgan fingerprint density at radius 2 is 2.17 bits per heavy atom. The Balaban J connectivity index is 2.48. The Labute approximate surface area is 118 Å². The van der Waals surface area contributed by atoms with Crippen LogP contribution in [0, 0.1) is 0 Å². The van der Waals surface area contributed by atoms with Gasteiger partial charge in [0.05, 0.1) is 15.9 Å². The molecule has 18 heavy (non-hydrogen) atoms. The lowest BCUT2D eigenvalue weighted by atomic mass is 10.1.